The maximum atomic E-state index is 11.8. The summed E-state index contributed by atoms with van der Waals surface area (Å²) in [4.78, 5) is 23.2. The second kappa shape index (κ2) is 9.07. The van der Waals surface area contributed by atoms with E-state index in [1.807, 2.05) is 35.8 Å². The summed E-state index contributed by atoms with van der Waals surface area (Å²) >= 11 is 1.23. The number of aromatic nitrogens is 3. The predicted octanol–water partition coefficient (Wildman–Crippen LogP) is 1.91. The van der Waals surface area contributed by atoms with E-state index < -0.39 is 6.03 Å². The number of para-hydroxylation sites is 1. The van der Waals surface area contributed by atoms with Crippen LogP contribution in [0.3, 0.4) is 0 Å². The first-order valence-corrected chi connectivity index (χ1v) is 8.86. The highest BCUT2D eigenvalue weighted by molar-refractivity contribution is 7.99. The number of carbonyl (C=O) groups excluding carboxylic acids is 2. The largest absolute Gasteiger partial charge is 0.496 e. The third kappa shape index (κ3) is 4.72. The van der Waals surface area contributed by atoms with Crippen LogP contribution in [0.5, 0.6) is 5.75 Å². The molecule has 0 spiro atoms. The van der Waals surface area contributed by atoms with Crippen molar-refractivity contribution in [3.63, 3.8) is 0 Å². The SMILES string of the molecule is CCNC(=O)NC(=O)CSc1nnc(-c2ccccc2OC)n1CC. The topological polar surface area (TPSA) is 98.1 Å². The first-order valence-electron chi connectivity index (χ1n) is 7.87. The number of thioether (sulfide) groups is 1. The molecule has 0 aliphatic carbocycles. The van der Waals surface area contributed by atoms with Crippen molar-refractivity contribution in [1.29, 1.82) is 0 Å². The molecule has 0 fully saturated rings. The fraction of sp³-hybridized carbons (Fsp3) is 0.375. The van der Waals surface area contributed by atoms with Gasteiger partial charge in [-0.2, -0.15) is 0 Å². The molecule has 0 atom stereocenters. The molecular weight excluding hydrogens is 342 g/mol. The number of benzene rings is 1. The van der Waals surface area contributed by atoms with Gasteiger partial charge >= 0.3 is 6.03 Å². The number of nitrogens with one attached hydrogen (secondary N) is 2. The molecule has 0 saturated heterocycles. The molecule has 0 aliphatic rings. The van der Waals surface area contributed by atoms with Crippen LogP contribution in [0.1, 0.15) is 13.8 Å². The van der Waals surface area contributed by atoms with Gasteiger partial charge in [0.2, 0.25) is 5.91 Å². The van der Waals surface area contributed by atoms with E-state index in [1.54, 1.807) is 14.0 Å². The second-order valence-corrected chi connectivity index (χ2v) is 5.89. The third-order valence-electron chi connectivity index (χ3n) is 3.30. The molecule has 0 aliphatic heterocycles. The number of hydrogen-bond donors (Lipinski definition) is 2. The fourth-order valence-electron chi connectivity index (χ4n) is 2.21. The normalized spacial score (nSPS) is 10.4. The number of carbonyl (C=O) groups is 2. The number of hydrogen-bond acceptors (Lipinski definition) is 6. The van der Waals surface area contributed by atoms with Crippen molar-refractivity contribution >= 4 is 23.7 Å². The van der Waals surface area contributed by atoms with Gasteiger partial charge in [-0.25, -0.2) is 4.79 Å². The van der Waals surface area contributed by atoms with E-state index in [0.717, 1.165) is 5.56 Å². The average molecular weight is 363 g/mol. The maximum absolute atomic E-state index is 11.8. The summed E-state index contributed by atoms with van der Waals surface area (Å²) in [6.45, 7) is 4.85. The third-order valence-corrected chi connectivity index (χ3v) is 4.27. The Morgan fingerprint density at radius 1 is 1.24 bits per heavy atom. The van der Waals surface area contributed by atoms with Crippen molar-refractivity contribution in [2.24, 2.45) is 0 Å². The first kappa shape index (κ1) is 18.8. The lowest BCUT2D eigenvalue weighted by molar-refractivity contribution is -0.117. The molecule has 0 radical (unpaired) electrons. The van der Waals surface area contributed by atoms with E-state index in [1.165, 1.54) is 11.8 Å². The molecule has 2 aromatic rings. The minimum atomic E-state index is -0.500. The zero-order valence-electron chi connectivity index (χ0n) is 14.4. The smallest absolute Gasteiger partial charge is 0.321 e. The summed E-state index contributed by atoms with van der Waals surface area (Å²) in [5.74, 6) is 1.06. The van der Waals surface area contributed by atoms with Crippen molar-refractivity contribution in [2.75, 3.05) is 19.4 Å². The van der Waals surface area contributed by atoms with Gasteiger partial charge in [-0.1, -0.05) is 23.9 Å². The summed E-state index contributed by atoms with van der Waals surface area (Å²) in [6, 6.07) is 7.05. The lowest BCUT2D eigenvalue weighted by Gasteiger charge is -2.10. The number of urea groups is 1. The number of ether oxygens (including phenoxy) is 1. The molecule has 0 saturated carbocycles. The summed E-state index contributed by atoms with van der Waals surface area (Å²) in [6.07, 6.45) is 0. The maximum Gasteiger partial charge on any atom is 0.321 e. The molecule has 2 rings (SSSR count). The summed E-state index contributed by atoms with van der Waals surface area (Å²) in [7, 11) is 1.60. The number of nitrogens with zero attached hydrogens (tertiary/aromatic N) is 3. The average Bonchev–Trinajstić information content (AvgIpc) is 3.02. The second-order valence-electron chi connectivity index (χ2n) is 4.95. The van der Waals surface area contributed by atoms with Gasteiger partial charge in [0.1, 0.15) is 5.75 Å². The molecule has 9 heteroatoms. The number of imide groups is 1. The van der Waals surface area contributed by atoms with Gasteiger partial charge in [-0.05, 0) is 26.0 Å². The van der Waals surface area contributed by atoms with Gasteiger partial charge in [0.25, 0.3) is 0 Å². The predicted molar refractivity (Wildman–Crippen MR) is 95.6 cm³/mol. The number of methoxy groups -OCH3 is 1. The molecule has 1 heterocycles. The van der Waals surface area contributed by atoms with E-state index >= 15 is 0 Å². The molecule has 0 unspecified atom stereocenters. The zero-order chi connectivity index (χ0) is 18.2. The van der Waals surface area contributed by atoms with E-state index in [9.17, 15) is 9.59 Å². The van der Waals surface area contributed by atoms with Gasteiger partial charge in [0.15, 0.2) is 11.0 Å². The van der Waals surface area contributed by atoms with Gasteiger partial charge in [-0.3, -0.25) is 10.1 Å². The van der Waals surface area contributed by atoms with Crippen molar-refractivity contribution in [2.45, 2.75) is 25.5 Å². The van der Waals surface area contributed by atoms with Gasteiger partial charge in [-0.15, -0.1) is 10.2 Å². The monoisotopic (exact) mass is 363 g/mol. The standard InChI is InChI=1S/C16H21N5O3S/c1-4-17-15(23)18-13(22)10-25-16-20-19-14(21(16)5-2)11-8-6-7-9-12(11)24-3/h6-9H,4-5,10H2,1-3H3,(H2,17,18,22,23). The van der Waals surface area contributed by atoms with Gasteiger partial charge in [0, 0.05) is 13.1 Å². The van der Waals surface area contributed by atoms with Crippen LogP contribution in [-0.4, -0.2) is 46.1 Å². The molecular formula is C16H21N5O3S. The van der Waals surface area contributed by atoms with Crippen LogP contribution in [-0.2, 0) is 11.3 Å². The van der Waals surface area contributed by atoms with Crippen molar-refractivity contribution < 1.29 is 14.3 Å². The van der Waals surface area contributed by atoms with Gasteiger partial charge in [0.05, 0.1) is 18.4 Å². The molecule has 2 N–H and O–H groups in total. The van der Waals surface area contributed by atoms with Crippen molar-refractivity contribution in [3.8, 4) is 17.1 Å². The fourth-order valence-corrected chi connectivity index (χ4v) is 3.01. The Hall–Kier alpha value is -2.55. The van der Waals surface area contributed by atoms with Crippen LogP contribution in [0.4, 0.5) is 4.79 Å². The Morgan fingerprint density at radius 2 is 2.00 bits per heavy atom. The van der Waals surface area contributed by atoms with Crippen molar-refractivity contribution in [1.82, 2.24) is 25.4 Å². The van der Waals surface area contributed by atoms with Crippen LogP contribution in [0.15, 0.2) is 29.4 Å². The Balaban J connectivity index is 2.12. The minimum absolute atomic E-state index is 0.0706. The quantitative estimate of drug-likeness (QED) is 0.729. The summed E-state index contributed by atoms with van der Waals surface area (Å²) in [5.41, 5.74) is 0.831. The Morgan fingerprint density at radius 3 is 2.68 bits per heavy atom. The Bertz CT molecular complexity index is 747. The molecule has 3 amide bonds. The lowest BCUT2D eigenvalue weighted by Crippen LogP contribution is -2.40. The van der Waals surface area contributed by atoms with Crippen LogP contribution in [0.25, 0.3) is 11.4 Å². The molecule has 1 aromatic carbocycles. The lowest BCUT2D eigenvalue weighted by atomic mass is 10.2. The highest BCUT2D eigenvalue weighted by Crippen LogP contribution is 2.30. The number of amides is 3. The van der Waals surface area contributed by atoms with Gasteiger partial charge < -0.3 is 14.6 Å². The van der Waals surface area contributed by atoms with Crippen LogP contribution >= 0.6 is 11.8 Å². The van der Waals surface area contributed by atoms with Crippen molar-refractivity contribution in [3.05, 3.63) is 24.3 Å². The van der Waals surface area contributed by atoms with E-state index in [2.05, 4.69) is 20.8 Å². The van der Waals surface area contributed by atoms with Crippen LogP contribution in [0.2, 0.25) is 0 Å². The summed E-state index contributed by atoms with van der Waals surface area (Å²) < 4.78 is 7.28. The highest BCUT2D eigenvalue weighted by Gasteiger charge is 2.17. The van der Waals surface area contributed by atoms with Crippen LogP contribution in [0, 0.1) is 0 Å². The molecule has 25 heavy (non-hydrogen) atoms. The molecule has 134 valence electrons. The van der Waals surface area contributed by atoms with E-state index in [0.29, 0.717) is 29.8 Å². The van der Waals surface area contributed by atoms with E-state index in [-0.39, 0.29) is 11.7 Å². The first-order chi connectivity index (χ1) is 12.1. The highest BCUT2D eigenvalue weighted by atomic mass is 32.2. The molecule has 0 bridgehead atoms. The summed E-state index contributed by atoms with van der Waals surface area (Å²) in [5, 5.41) is 13.8. The Labute approximate surface area is 150 Å². The molecule has 8 nitrogen and oxygen atoms in total. The molecule has 1 aromatic heterocycles. The zero-order valence-corrected chi connectivity index (χ0v) is 15.2. The van der Waals surface area contributed by atoms with Crippen LogP contribution < -0.4 is 15.4 Å². The minimum Gasteiger partial charge on any atom is -0.496 e. The Kier molecular flexibility index (Phi) is 6.81. The van der Waals surface area contributed by atoms with E-state index in [4.69, 9.17) is 4.74 Å². The number of rotatable bonds is 7.